The van der Waals surface area contributed by atoms with Crippen molar-refractivity contribution < 1.29 is 18.3 Å². The molecule has 0 unspecified atom stereocenters. The van der Waals surface area contributed by atoms with Crippen LogP contribution >= 0.6 is 11.3 Å². The molecule has 0 bridgehead atoms. The summed E-state index contributed by atoms with van der Waals surface area (Å²) < 4.78 is 29.6. The number of benzene rings is 1. The Kier molecular flexibility index (Phi) is 5.82. The normalized spacial score (nSPS) is 15.9. The number of carboxylic acids is 1. The van der Waals surface area contributed by atoms with E-state index in [1.54, 1.807) is 12.1 Å². The predicted octanol–water partition coefficient (Wildman–Crippen LogP) is 1.93. The van der Waals surface area contributed by atoms with E-state index in [1.807, 2.05) is 0 Å². The van der Waals surface area contributed by atoms with Crippen molar-refractivity contribution >= 4 is 37.5 Å². The standard InChI is InChI=1S/C21H23N3O6S2/c1-13-7-9-23(10-8-13)32(29,30)15-5-3-14(4-6-15)12-24-18(25)16-11-17(20(26)27)31-19(16)22(2)21(24)28/h3-6,11,13H,7-10,12H2,1-2H3,(H,26,27). The van der Waals surface area contributed by atoms with Crippen LogP contribution in [0.3, 0.4) is 0 Å². The van der Waals surface area contributed by atoms with Crippen molar-refractivity contribution in [2.24, 2.45) is 13.0 Å². The van der Waals surface area contributed by atoms with Crippen LogP contribution in [0, 0.1) is 5.92 Å². The minimum absolute atomic E-state index is 0.0217. The van der Waals surface area contributed by atoms with Crippen LogP contribution in [0.1, 0.15) is 35.0 Å². The van der Waals surface area contributed by atoms with Crippen molar-refractivity contribution in [2.75, 3.05) is 13.1 Å². The fourth-order valence-electron chi connectivity index (χ4n) is 3.85. The Morgan fingerprint density at radius 2 is 1.78 bits per heavy atom. The van der Waals surface area contributed by atoms with E-state index in [-0.39, 0.29) is 21.7 Å². The van der Waals surface area contributed by atoms with E-state index in [4.69, 9.17) is 0 Å². The SMILES string of the molecule is CC1CCN(S(=O)(=O)c2ccc(Cn3c(=O)c4cc(C(=O)O)sc4n(C)c3=O)cc2)CC1. The van der Waals surface area contributed by atoms with Crippen LogP contribution in [0.25, 0.3) is 10.2 Å². The van der Waals surface area contributed by atoms with Gasteiger partial charge in [0.15, 0.2) is 0 Å². The molecule has 32 heavy (non-hydrogen) atoms. The summed E-state index contributed by atoms with van der Waals surface area (Å²) in [6.07, 6.45) is 1.66. The summed E-state index contributed by atoms with van der Waals surface area (Å²) in [6.45, 7) is 3.05. The van der Waals surface area contributed by atoms with Crippen LogP contribution in [-0.4, -0.2) is 46.0 Å². The van der Waals surface area contributed by atoms with E-state index in [0.29, 0.717) is 29.4 Å². The van der Waals surface area contributed by atoms with Gasteiger partial charge in [-0.05, 0) is 42.5 Å². The second-order valence-corrected chi connectivity index (χ2v) is 11.1. The van der Waals surface area contributed by atoms with Crippen LogP contribution in [0.4, 0.5) is 0 Å². The quantitative estimate of drug-likeness (QED) is 0.600. The predicted molar refractivity (Wildman–Crippen MR) is 121 cm³/mol. The maximum atomic E-state index is 12.9. The van der Waals surface area contributed by atoms with Crippen LogP contribution in [0.5, 0.6) is 0 Å². The van der Waals surface area contributed by atoms with E-state index in [0.717, 1.165) is 28.7 Å². The number of rotatable bonds is 5. The third-order valence-electron chi connectivity index (χ3n) is 5.87. The van der Waals surface area contributed by atoms with Crippen molar-refractivity contribution in [2.45, 2.75) is 31.2 Å². The molecule has 9 nitrogen and oxygen atoms in total. The third-order valence-corrected chi connectivity index (χ3v) is 8.98. The summed E-state index contributed by atoms with van der Waals surface area (Å²) in [5.41, 5.74) is -0.560. The first-order valence-electron chi connectivity index (χ1n) is 10.2. The molecule has 3 aromatic rings. The summed E-state index contributed by atoms with van der Waals surface area (Å²) in [5, 5.41) is 9.36. The lowest BCUT2D eigenvalue weighted by Crippen LogP contribution is -2.39. The minimum atomic E-state index is -3.59. The molecule has 170 valence electrons. The smallest absolute Gasteiger partial charge is 0.345 e. The van der Waals surface area contributed by atoms with Gasteiger partial charge in [0.1, 0.15) is 9.71 Å². The van der Waals surface area contributed by atoms with E-state index < -0.39 is 27.2 Å². The Balaban J connectivity index is 1.65. The number of carbonyl (C=O) groups is 1. The number of sulfonamides is 1. The van der Waals surface area contributed by atoms with Gasteiger partial charge in [-0.1, -0.05) is 19.1 Å². The molecule has 0 saturated carbocycles. The molecule has 1 saturated heterocycles. The molecular weight excluding hydrogens is 454 g/mol. The molecule has 4 rings (SSSR count). The van der Waals surface area contributed by atoms with Gasteiger partial charge in [-0.3, -0.25) is 13.9 Å². The summed E-state index contributed by atoms with van der Waals surface area (Å²) in [5.74, 6) is -0.651. The Hall–Kier alpha value is -2.76. The molecule has 0 spiro atoms. The number of aromatic carboxylic acids is 1. The highest BCUT2D eigenvalue weighted by atomic mass is 32.2. The zero-order valence-electron chi connectivity index (χ0n) is 17.6. The molecule has 1 aromatic carbocycles. The van der Waals surface area contributed by atoms with Crippen molar-refractivity contribution in [3.63, 3.8) is 0 Å². The van der Waals surface area contributed by atoms with Crippen molar-refractivity contribution in [3.05, 3.63) is 61.6 Å². The van der Waals surface area contributed by atoms with Gasteiger partial charge in [0, 0.05) is 20.1 Å². The average Bonchev–Trinajstić information content (AvgIpc) is 3.22. The van der Waals surface area contributed by atoms with Gasteiger partial charge in [-0.2, -0.15) is 4.31 Å². The van der Waals surface area contributed by atoms with Crippen LogP contribution in [0.2, 0.25) is 0 Å². The highest BCUT2D eigenvalue weighted by molar-refractivity contribution is 7.89. The average molecular weight is 478 g/mol. The molecule has 0 amide bonds. The summed E-state index contributed by atoms with van der Waals surface area (Å²) in [7, 11) is -2.10. The van der Waals surface area contributed by atoms with E-state index in [1.165, 1.54) is 34.1 Å². The molecule has 0 atom stereocenters. The molecule has 2 aromatic heterocycles. The van der Waals surface area contributed by atoms with E-state index in [9.17, 15) is 27.9 Å². The number of carboxylic acid groups (broad SMARTS) is 1. The van der Waals surface area contributed by atoms with Gasteiger partial charge in [-0.15, -0.1) is 11.3 Å². The first kappa shape index (κ1) is 22.4. The molecule has 1 N–H and O–H groups in total. The first-order valence-corrected chi connectivity index (χ1v) is 12.4. The zero-order valence-corrected chi connectivity index (χ0v) is 19.3. The van der Waals surface area contributed by atoms with Gasteiger partial charge in [0.2, 0.25) is 10.0 Å². The van der Waals surface area contributed by atoms with Crippen LogP contribution in [-0.2, 0) is 23.6 Å². The van der Waals surface area contributed by atoms with Crippen molar-refractivity contribution in [1.29, 1.82) is 0 Å². The molecule has 3 heterocycles. The Bertz CT molecular complexity index is 1410. The molecule has 0 aliphatic carbocycles. The molecule has 1 aliphatic rings. The molecule has 1 fully saturated rings. The zero-order chi connectivity index (χ0) is 23.2. The van der Waals surface area contributed by atoms with E-state index in [2.05, 4.69) is 6.92 Å². The maximum Gasteiger partial charge on any atom is 0.345 e. The van der Waals surface area contributed by atoms with Gasteiger partial charge in [0.05, 0.1) is 16.8 Å². The lowest BCUT2D eigenvalue weighted by atomic mass is 10.0. The van der Waals surface area contributed by atoms with Gasteiger partial charge in [-0.25, -0.2) is 18.0 Å². The topological polar surface area (TPSA) is 119 Å². The first-order chi connectivity index (χ1) is 15.1. The second kappa shape index (κ2) is 8.30. The highest BCUT2D eigenvalue weighted by Gasteiger charge is 2.28. The Morgan fingerprint density at radius 3 is 2.38 bits per heavy atom. The van der Waals surface area contributed by atoms with Crippen molar-refractivity contribution in [1.82, 2.24) is 13.4 Å². The molecular formula is C21H23N3O6S2. The van der Waals surface area contributed by atoms with Gasteiger partial charge < -0.3 is 5.11 Å². The van der Waals surface area contributed by atoms with Crippen LogP contribution < -0.4 is 11.2 Å². The Labute approximate surface area is 188 Å². The fourth-order valence-corrected chi connectivity index (χ4v) is 6.27. The van der Waals surface area contributed by atoms with Crippen LogP contribution in [0.15, 0.2) is 44.8 Å². The summed E-state index contributed by atoms with van der Waals surface area (Å²) >= 11 is 0.872. The second-order valence-electron chi connectivity index (χ2n) is 8.10. The number of piperidine rings is 1. The fraction of sp³-hybridized carbons (Fsp3) is 0.381. The number of hydrogen-bond donors (Lipinski definition) is 1. The number of aryl methyl sites for hydroxylation is 1. The number of aromatic nitrogens is 2. The summed E-state index contributed by atoms with van der Waals surface area (Å²) in [4.78, 5) is 37.3. The minimum Gasteiger partial charge on any atom is -0.477 e. The van der Waals surface area contributed by atoms with E-state index >= 15 is 0 Å². The number of hydrogen-bond acceptors (Lipinski definition) is 6. The lowest BCUT2D eigenvalue weighted by Gasteiger charge is -2.29. The molecule has 0 radical (unpaired) electrons. The highest BCUT2D eigenvalue weighted by Crippen LogP contribution is 2.24. The van der Waals surface area contributed by atoms with Gasteiger partial charge in [0.25, 0.3) is 5.56 Å². The summed E-state index contributed by atoms with van der Waals surface area (Å²) in [6, 6.07) is 7.43. The largest absolute Gasteiger partial charge is 0.477 e. The third kappa shape index (κ3) is 3.91. The Morgan fingerprint density at radius 1 is 1.16 bits per heavy atom. The molecule has 1 aliphatic heterocycles. The number of nitrogens with zero attached hydrogens (tertiary/aromatic N) is 3. The maximum absolute atomic E-state index is 12.9. The van der Waals surface area contributed by atoms with Gasteiger partial charge >= 0.3 is 11.7 Å². The monoisotopic (exact) mass is 477 g/mol. The van der Waals surface area contributed by atoms with Crippen molar-refractivity contribution in [3.8, 4) is 0 Å². The number of fused-ring (bicyclic) bond motifs is 1. The molecule has 11 heteroatoms. The lowest BCUT2D eigenvalue weighted by molar-refractivity contribution is 0.0702. The number of thiophene rings is 1.